The lowest BCUT2D eigenvalue weighted by Crippen LogP contribution is -2.13. The van der Waals surface area contributed by atoms with Gasteiger partial charge < -0.3 is 5.32 Å². The Balaban J connectivity index is 2.23. The molecule has 2 heteroatoms. The zero-order valence-electron chi connectivity index (χ0n) is 9.05. The Labute approximate surface area is 90.9 Å². The molecule has 0 amide bonds. The van der Waals surface area contributed by atoms with E-state index in [1.165, 1.54) is 10.5 Å². The fraction of sp³-hybridized carbons (Fsp3) is 0.500. The molecule has 0 saturated heterocycles. The van der Waals surface area contributed by atoms with E-state index < -0.39 is 0 Å². The number of nitrogens with one attached hydrogen (secondary N) is 1. The standard InChI is InChI=1S/C12H19NS/c1-3-13-8-4-6-11(2)10-12-7-5-9-14-12/h5-7,9,13H,3-4,8,10H2,1-2H3. The minimum atomic E-state index is 1.07. The smallest absolute Gasteiger partial charge is 0.00855 e. The second-order valence-corrected chi connectivity index (χ2v) is 4.48. The van der Waals surface area contributed by atoms with Gasteiger partial charge in [0.1, 0.15) is 0 Å². The van der Waals surface area contributed by atoms with Crippen molar-refractivity contribution in [2.24, 2.45) is 0 Å². The molecule has 0 fully saturated rings. The molecule has 1 N–H and O–H groups in total. The molecule has 0 saturated carbocycles. The predicted octanol–water partition coefficient (Wildman–Crippen LogP) is 3.24. The number of rotatable bonds is 6. The van der Waals surface area contributed by atoms with Gasteiger partial charge in [0, 0.05) is 11.3 Å². The van der Waals surface area contributed by atoms with Crippen LogP contribution in [-0.4, -0.2) is 13.1 Å². The molecule has 0 aliphatic carbocycles. The van der Waals surface area contributed by atoms with Crippen LogP contribution in [0.3, 0.4) is 0 Å². The van der Waals surface area contributed by atoms with E-state index in [9.17, 15) is 0 Å². The van der Waals surface area contributed by atoms with Gasteiger partial charge in [-0.1, -0.05) is 24.6 Å². The lowest BCUT2D eigenvalue weighted by molar-refractivity contribution is 0.724. The Morgan fingerprint density at radius 2 is 2.43 bits per heavy atom. The highest BCUT2D eigenvalue weighted by Crippen LogP contribution is 2.13. The molecule has 1 rings (SSSR count). The van der Waals surface area contributed by atoms with Gasteiger partial charge in [0.2, 0.25) is 0 Å². The van der Waals surface area contributed by atoms with Crippen molar-refractivity contribution in [2.75, 3.05) is 13.1 Å². The average Bonchev–Trinajstić information content (AvgIpc) is 2.65. The van der Waals surface area contributed by atoms with Gasteiger partial charge in [0.05, 0.1) is 0 Å². The molecule has 0 radical (unpaired) electrons. The van der Waals surface area contributed by atoms with Crippen molar-refractivity contribution in [1.29, 1.82) is 0 Å². The van der Waals surface area contributed by atoms with Crippen LogP contribution in [0, 0.1) is 0 Å². The fourth-order valence-electron chi connectivity index (χ4n) is 1.36. The van der Waals surface area contributed by atoms with E-state index in [1.54, 1.807) is 0 Å². The molecule has 1 aromatic heterocycles. The minimum absolute atomic E-state index is 1.07. The third kappa shape index (κ3) is 4.58. The monoisotopic (exact) mass is 209 g/mol. The maximum Gasteiger partial charge on any atom is 0.00855 e. The van der Waals surface area contributed by atoms with E-state index in [0.717, 1.165) is 25.9 Å². The van der Waals surface area contributed by atoms with Crippen molar-refractivity contribution in [3.8, 4) is 0 Å². The summed E-state index contributed by atoms with van der Waals surface area (Å²) in [6, 6.07) is 4.32. The van der Waals surface area contributed by atoms with Gasteiger partial charge in [0.15, 0.2) is 0 Å². The van der Waals surface area contributed by atoms with E-state index in [1.807, 2.05) is 11.3 Å². The zero-order chi connectivity index (χ0) is 10.2. The van der Waals surface area contributed by atoms with Crippen molar-refractivity contribution in [3.05, 3.63) is 34.0 Å². The highest BCUT2D eigenvalue weighted by atomic mass is 32.1. The Kier molecular flexibility index (Phi) is 5.57. The largest absolute Gasteiger partial charge is 0.317 e. The first kappa shape index (κ1) is 11.5. The van der Waals surface area contributed by atoms with Gasteiger partial charge in [0.25, 0.3) is 0 Å². The molecule has 14 heavy (non-hydrogen) atoms. The highest BCUT2D eigenvalue weighted by Gasteiger charge is 1.94. The average molecular weight is 209 g/mol. The number of hydrogen-bond donors (Lipinski definition) is 1. The lowest BCUT2D eigenvalue weighted by atomic mass is 10.1. The van der Waals surface area contributed by atoms with Crippen molar-refractivity contribution in [3.63, 3.8) is 0 Å². The van der Waals surface area contributed by atoms with Crippen LogP contribution in [0.5, 0.6) is 0 Å². The normalized spacial score (nSPS) is 12.0. The second kappa shape index (κ2) is 6.80. The predicted molar refractivity (Wildman–Crippen MR) is 64.9 cm³/mol. The fourth-order valence-corrected chi connectivity index (χ4v) is 2.16. The molecule has 0 unspecified atom stereocenters. The van der Waals surface area contributed by atoms with Crippen LogP contribution >= 0.6 is 11.3 Å². The molecular weight excluding hydrogens is 190 g/mol. The van der Waals surface area contributed by atoms with E-state index in [2.05, 4.69) is 42.8 Å². The van der Waals surface area contributed by atoms with E-state index in [-0.39, 0.29) is 0 Å². The SMILES string of the molecule is CCNCCC=C(C)Cc1cccs1. The van der Waals surface area contributed by atoms with Gasteiger partial charge in [-0.2, -0.15) is 0 Å². The summed E-state index contributed by atoms with van der Waals surface area (Å²) in [5.41, 5.74) is 1.48. The van der Waals surface area contributed by atoms with E-state index in [0.29, 0.717) is 0 Å². The van der Waals surface area contributed by atoms with Crippen molar-refractivity contribution in [2.45, 2.75) is 26.7 Å². The number of allylic oxidation sites excluding steroid dienone is 1. The molecule has 1 nitrogen and oxygen atoms in total. The molecule has 1 heterocycles. The quantitative estimate of drug-likeness (QED) is 0.560. The van der Waals surface area contributed by atoms with Crippen LogP contribution < -0.4 is 5.32 Å². The molecule has 0 aliphatic rings. The second-order valence-electron chi connectivity index (χ2n) is 3.45. The Morgan fingerprint density at radius 3 is 3.07 bits per heavy atom. The molecule has 0 aliphatic heterocycles. The summed E-state index contributed by atoms with van der Waals surface area (Å²) in [6.07, 6.45) is 4.59. The summed E-state index contributed by atoms with van der Waals surface area (Å²) < 4.78 is 0. The topological polar surface area (TPSA) is 12.0 Å². The van der Waals surface area contributed by atoms with Crippen LogP contribution in [0.1, 0.15) is 25.1 Å². The van der Waals surface area contributed by atoms with Crippen molar-refractivity contribution >= 4 is 11.3 Å². The summed E-state index contributed by atoms with van der Waals surface area (Å²) in [5.74, 6) is 0. The molecule has 0 atom stereocenters. The summed E-state index contributed by atoms with van der Waals surface area (Å²) in [7, 11) is 0. The van der Waals surface area contributed by atoms with E-state index >= 15 is 0 Å². The minimum Gasteiger partial charge on any atom is -0.317 e. The maximum atomic E-state index is 3.32. The van der Waals surface area contributed by atoms with Gasteiger partial charge >= 0.3 is 0 Å². The van der Waals surface area contributed by atoms with Crippen LogP contribution in [0.15, 0.2) is 29.2 Å². The zero-order valence-corrected chi connectivity index (χ0v) is 9.86. The molecule has 78 valence electrons. The summed E-state index contributed by atoms with van der Waals surface area (Å²) in [6.45, 7) is 6.52. The van der Waals surface area contributed by atoms with Gasteiger partial charge in [-0.15, -0.1) is 11.3 Å². The summed E-state index contributed by atoms with van der Waals surface area (Å²) >= 11 is 1.84. The van der Waals surface area contributed by atoms with Gasteiger partial charge in [-0.25, -0.2) is 0 Å². The Morgan fingerprint density at radius 1 is 1.57 bits per heavy atom. The molecule has 0 bridgehead atoms. The molecule has 0 aromatic carbocycles. The lowest BCUT2D eigenvalue weighted by Gasteiger charge is -2.00. The molecule has 0 spiro atoms. The summed E-state index contributed by atoms with van der Waals surface area (Å²) in [4.78, 5) is 1.46. The summed E-state index contributed by atoms with van der Waals surface area (Å²) in [5, 5.41) is 5.46. The highest BCUT2D eigenvalue weighted by molar-refractivity contribution is 7.09. The van der Waals surface area contributed by atoms with Crippen LogP contribution in [0.2, 0.25) is 0 Å². The number of hydrogen-bond acceptors (Lipinski definition) is 2. The van der Waals surface area contributed by atoms with Crippen molar-refractivity contribution in [1.82, 2.24) is 5.32 Å². The van der Waals surface area contributed by atoms with Gasteiger partial charge in [-0.3, -0.25) is 0 Å². The third-order valence-electron chi connectivity index (χ3n) is 2.10. The van der Waals surface area contributed by atoms with Gasteiger partial charge in [-0.05, 0) is 37.9 Å². The Bertz CT molecular complexity index is 262. The number of thiophene rings is 1. The van der Waals surface area contributed by atoms with Crippen LogP contribution in [-0.2, 0) is 6.42 Å². The first-order valence-corrected chi connectivity index (χ1v) is 6.09. The van der Waals surface area contributed by atoms with Crippen molar-refractivity contribution < 1.29 is 0 Å². The third-order valence-corrected chi connectivity index (χ3v) is 2.97. The van der Waals surface area contributed by atoms with Crippen LogP contribution in [0.4, 0.5) is 0 Å². The first-order valence-electron chi connectivity index (χ1n) is 5.21. The maximum absolute atomic E-state index is 3.32. The molecule has 1 aromatic rings. The Hall–Kier alpha value is -0.600. The molecular formula is C12H19NS. The van der Waals surface area contributed by atoms with Crippen LogP contribution in [0.25, 0.3) is 0 Å². The van der Waals surface area contributed by atoms with E-state index in [4.69, 9.17) is 0 Å². The first-order chi connectivity index (χ1) is 6.83.